The molecule has 118 valence electrons. The topological polar surface area (TPSA) is 54.5 Å². The molecule has 0 amide bonds. The van der Waals surface area contributed by atoms with Crippen LogP contribution in [0.5, 0.6) is 0 Å². The van der Waals surface area contributed by atoms with Crippen molar-refractivity contribution in [2.24, 2.45) is 29.6 Å². The van der Waals surface area contributed by atoms with Crippen LogP contribution in [0.15, 0.2) is 29.2 Å². The molecule has 1 aromatic rings. The highest BCUT2D eigenvalue weighted by Gasteiger charge is 2.61. The first-order valence-corrected chi connectivity index (χ1v) is 9.44. The normalized spacial score (nSPS) is 37.7. The number of aryl methyl sites for hydroxylation is 1. The van der Waals surface area contributed by atoms with Gasteiger partial charge >= 0.3 is 0 Å². The van der Waals surface area contributed by atoms with Crippen LogP contribution in [0.25, 0.3) is 0 Å². The van der Waals surface area contributed by atoms with Crippen molar-refractivity contribution in [3.8, 4) is 0 Å². The van der Waals surface area contributed by atoms with Crippen molar-refractivity contribution in [1.82, 2.24) is 4.31 Å². The van der Waals surface area contributed by atoms with Crippen molar-refractivity contribution in [1.29, 1.82) is 0 Å². The molecule has 1 aliphatic heterocycles. The Kier molecular flexibility index (Phi) is 3.04. The lowest BCUT2D eigenvalue weighted by Crippen LogP contribution is -2.54. The number of Topliss-reactive ketones (excluding diaryl/α,β-unsaturated/α-hetero) is 1. The molecule has 0 aromatic heterocycles. The van der Waals surface area contributed by atoms with E-state index < -0.39 is 10.0 Å². The minimum atomic E-state index is -3.44. The Labute approximate surface area is 131 Å². The standard InChI is InChI=1S/C17H21NO3S/c1-10-3-5-13(6-4-10)22(20,21)18-8-12-7-14-16(12)15(9-18)11(2)17(14)19/h3-6,11-12,14-16H,7-9H2,1-2H3/t11-,12-,14-,15-,16+/m0/s1. The van der Waals surface area contributed by atoms with Gasteiger partial charge in [0, 0.05) is 24.9 Å². The maximum absolute atomic E-state index is 12.9. The number of ketones is 1. The van der Waals surface area contributed by atoms with Gasteiger partial charge in [0.1, 0.15) is 5.78 Å². The van der Waals surface area contributed by atoms with E-state index >= 15 is 0 Å². The van der Waals surface area contributed by atoms with Gasteiger partial charge in [-0.1, -0.05) is 24.6 Å². The maximum Gasteiger partial charge on any atom is 0.243 e. The van der Waals surface area contributed by atoms with Gasteiger partial charge in [0.25, 0.3) is 0 Å². The molecule has 22 heavy (non-hydrogen) atoms. The Morgan fingerprint density at radius 1 is 1.14 bits per heavy atom. The monoisotopic (exact) mass is 319 g/mol. The highest BCUT2D eigenvalue weighted by atomic mass is 32.2. The molecule has 3 aliphatic rings. The molecule has 2 saturated carbocycles. The second-order valence-corrected chi connectivity index (χ2v) is 9.11. The Morgan fingerprint density at radius 3 is 2.50 bits per heavy atom. The lowest BCUT2D eigenvalue weighted by atomic mass is 9.62. The van der Waals surface area contributed by atoms with E-state index in [2.05, 4.69) is 0 Å². The van der Waals surface area contributed by atoms with Gasteiger partial charge < -0.3 is 0 Å². The second kappa shape index (κ2) is 4.65. The summed E-state index contributed by atoms with van der Waals surface area (Å²) in [7, 11) is -3.44. The van der Waals surface area contributed by atoms with Gasteiger partial charge in [-0.25, -0.2) is 8.42 Å². The summed E-state index contributed by atoms with van der Waals surface area (Å²) < 4.78 is 27.4. The molecule has 0 unspecified atom stereocenters. The van der Waals surface area contributed by atoms with Crippen molar-refractivity contribution in [2.75, 3.05) is 13.1 Å². The van der Waals surface area contributed by atoms with E-state index in [0.717, 1.165) is 12.0 Å². The Hall–Kier alpha value is -1.20. The molecule has 4 rings (SSSR count). The summed E-state index contributed by atoms with van der Waals surface area (Å²) in [5, 5.41) is 0. The summed E-state index contributed by atoms with van der Waals surface area (Å²) in [5.74, 6) is 1.61. The van der Waals surface area contributed by atoms with E-state index in [-0.39, 0.29) is 17.8 Å². The molecular weight excluding hydrogens is 298 g/mol. The highest BCUT2D eigenvalue weighted by molar-refractivity contribution is 7.89. The third-order valence-electron chi connectivity index (χ3n) is 6.03. The minimum Gasteiger partial charge on any atom is -0.299 e. The molecule has 3 fully saturated rings. The minimum absolute atomic E-state index is 0.0102. The van der Waals surface area contributed by atoms with E-state index in [1.165, 1.54) is 0 Å². The van der Waals surface area contributed by atoms with Crippen LogP contribution >= 0.6 is 0 Å². The van der Waals surface area contributed by atoms with Gasteiger partial charge in [0.2, 0.25) is 10.0 Å². The zero-order valence-corrected chi connectivity index (χ0v) is 13.7. The summed E-state index contributed by atoms with van der Waals surface area (Å²) in [6.07, 6.45) is 0.879. The summed E-state index contributed by atoms with van der Waals surface area (Å²) in [6.45, 7) is 5.00. The third-order valence-corrected chi connectivity index (χ3v) is 7.87. The van der Waals surface area contributed by atoms with Gasteiger partial charge in [-0.3, -0.25) is 4.79 Å². The van der Waals surface area contributed by atoms with Crippen LogP contribution in [0.1, 0.15) is 18.9 Å². The first-order chi connectivity index (χ1) is 10.4. The summed E-state index contributed by atoms with van der Waals surface area (Å²) in [6, 6.07) is 7.04. The third kappa shape index (κ3) is 1.85. The molecule has 1 heterocycles. The molecule has 0 radical (unpaired) electrons. The Balaban J connectivity index is 1.64. The predicted molar refractivity (Wildman–Crippen MR) is 82.7 cm³/mol. The zero-order chi connectivity index (χ0) is 15.6. The van der Waals surface area contributed by atoms with Crippen molar-refractivity contribution in [3.05, 3.63) is 29.8 Å². The predicted octanol–water partition coefficient (Wildman–Crippen LogP) is 2.09. The second-order valence-electron chi connectivity index (χ2n) is 7.17. The van der Waals surface area contributed by atoms with Crippen LogP contribution < -0.4 is 0 Å². The van der Waals surface area contributed by atoms with Gasteiger partial charge in [-0.05, 0) is 43.2 Å². The SMILES string of the molecule is Cc1ccc(S(=O)(=O)N2C[C@@H]3C[C@@H]4C(=O)[C@@H](C)[C@H](C2)[C@H]34)cc1. The smallest absolute Gasteiger partial charge is 0.243 e. The quantitative estimate of drug-likeness (QED) is 0.839. The lowest BCUT2D eigenvalue weighted by Gasteiger charge is -2.49. The fourth-order valence-electron chi connectivity index (χ4n) is 4.71. The summed E-state index contributed by atoms with van der Waals surface area (Å²) >= 11 is 0. The first-order valence-electron chi connectivity index (χ1n) is 8.00. The number of rotatable bonds is 2. The molecule has 1 saturated heterocycles. The van der Waals surface area contributed by atoms with Gasteiger partial charge in [-0.2, -0.15) is 4.31 Å². The number of benzene rings is 1. The molecule has 4 nitrogen and oxygen atoms in total. The van der Waals surface area contributed by atoms with Gasteiger partial charge in [-0.15, -0.1) is 0 Å². The molecule has 2 aliphatic carbocycles. The average molecular weight is 319 g/mol. The number of carbonyl (C=O) groups excluding carboxylic acids is 1. The average Bonchev–Trinajstić information content (AvgIpc) is 2.68. The molecule has 0 N–H and O–H groups in total. The van der Waals surface area contributed by atoms with Crippen LogP contribution in [0, 0.1) is 36.5 Å². The molecule has 5 heteroatoms. The van der Waals surface area contributed by atoms with E-state index in [9.17, 15) is 13.2 Å². The number of nitrogens with zero attached hydrogens (tertiary/aromatic N) is 1. The van der Waals surface area contributed by atoms with E-state index in [4.69, 9.17) is 0 Å². The van der Waals surface area contributed by atoms with E-state index in [0.29, 0.717) is 35.6 Å². The van der Waals surface area contributed by atoms with E-state index in [1.807, 2.05) is 26.0 Å². The molecular formula is C17H21NO3S. The number of carbonyl (C=O) groups is 1. The Bertz CT molecular complexity index is 725. The lowest BCUT2D eigenvalue weighted by molar-refractivity contribution is -0.127. The number of hydrogen-bond donors (Lipinski definition) is 0. The van der Waals surface area contributed by atoms with Crippen LogP contribution in [0.2, 0.25) is 0 Å². The van der Waals surface area contributed by atoms with Crippen LogP contribution in [0.3, 0.4) is 0 Å². The molecule has 0 spiro atoms. The number of piperidine rings is 1. The van der Waals surface area contributed by atoms with Crippen molar-refractivity contribution >= 4 is 15.8 Å². The first kappa shape index (κ1) is 14.4. The highest BCUT2D eigenvalue weighted by Crippen LogP contribution is 2.57. The van der Waals surface area contributed by atoms with Crippen molar-refractivity contribution in [3.63, 3.8) is 0 Å². The fourth-order valence-corrected chi connectivity index (χ4v) is 6.25. The van der Waals surface area contributed by atoms with Crippen molar-refractivity contribution < 1.29 is 13.2 Å². The fraction of sp³-hybridized carbons (Fsp3) is 0.588. The molecule has 0 bridgehead atoms. The largest absolute Gasteiger partial charge is 0.299 e. The zero-order valence-electron chi connectivity index (χ0n) is 12.9. The summed E-state index contributed by atoms with van der Waals surface area (Å²) in [4.78, 5) is 12.6. The van der Waals surface area contributed by atoms with Gasteiger partial charge in [0.05, 0.1) is 4.90 Å². The van der Waals surface area contributed by atoms with Crippen LogP contribution in [0.4, 0.5) is 0 Å². The molecule has 5 atom stereocenters. The van der Waals surface area contributed by atoms with Crippen molar-refractivity contribution in [2.45, 2.75) is 25.2 Å². The van der Waals surface area contributed by atoms with Gasteiger partial charge in [0.15, 0.2) is 0 Å². The van der Waals surface area contributed by atoms with Crippen LogP contribution in [-0.4, -0.2) is 31.6 Å². The van der Waals surface area contributed by atoms with E-state index in [1.54, 1.807) is 16.4 Å². The number of sulfonamides is 1. The Morgan fingerprint density at radius 2 is 1.82 bits per heavy atom. The summed E-state index contributed by atoms with van der Waals surface area (Å²) in [5.41, 5.74) is 1.05. The van der Waals surface area contributed by atoms with Crippen LogP contribution in [-0.2, 0) is 14.8 Å². The number of hydrogen-bond acceptors (Lipinski definition) is 3. The molecule has 1 aromatic carbocycles. The maximum atomic E-state index is 12.9.